The summed E-state index contributed by atoms with van der Waals surface area (Å²) in [5.74, 6) is 0.856. The molecule has 4 heterocycles. The monoisotopic (exact) mass is 329 g/mol. The number of rotatable bonds is 4. The molecule has 0 bridgehead atoms. The van der Waals surface area contributed by atoms with Crippen molar-refractivity contribution >= 4 is 23.0 Å². The molecule has 6 heteroatoms. The first kappa shape index (κ1) is 14.7. The maximum atomic E-state index is 12.8. The molecule has 120 valence electrons. The van der Waals surface area contributed by atoms with Gasteiger partial charge >= 0.3 is 0 Å². The molecule has 23 heavy (non-hydrogen) atoms. The molecular weight excluding hydrogens is 310 g/mol. The average Bonchev–Trinajstić information content (AvgIpc) is 3.30. The molecule has 2 aromatic rings. The van der Waals surface area contributed by atoms with Crippen molar-refractivity contribution < 1.29 is 9.21 Å². The van der Waals surface area contributed by atoms with E-state index in [-0.39, 0.29) is 11.9 Å². The maximum Gasteiger partial charge on any atom is 0.257 e. The third kappa shape index (κ3) is 2.96. The van der Waals surface area contributed by atoms with Crippen molar-refractivity contribution in [2.75, 3.05) is 19.6 Å². The highest BCUT2D eigenvalue weighted by molar-refractivity contribution is 7.12. The van der Waals surface area contributed by atoms with E-state index in [4.69, 9.17) is 4.42 Å². The van der Waals surface area contributed by atoms with Crippen molar-refractivity contribution in [2.24, 2.45) is 5.10 Å². The summed E-state index contributed by atoms with van der Waals surface area (Å²) in [6.07, 6.45) is 4.72. The molecule has 1 atom stereocenters. The van der Waals surface area contributed by atoms with Crippen molar-refractivity contribution in [3.8, 4) is 0 Å². The zero-order chi connectivity index (χ0) is 15.6. The van der Waals surface area contributed by atoms with Gasteiger partial charge in [-0.25, -0.2) is 5.01 Å². The molecule has 2 aliphatic heterocycles. The number of furan rings is 1. The predicted octanol–water partition coefficient (Wildman–Crippen LogP) is 3.11. The average molecular weight is 329 g/mol. The van der Waals surface area contributed by atoms with Gasteiger partial charge in [0.1, 0.15) is 11.8 Å². The number of amides is 1. The van der Waals surface area contributed by atoms with Gasteiger partial charge in [0, 0.05) is 6.42 Å². The van der Waals surface area contributed by atoms with Gasteiger partial charge in [0.15, 0.2) is 0 Å². The molecule has 0 aromatic carbocycles. The maximum absolute atomic E-state index is 12.8. The number of hydrazone groups is 1. The van der Waals surface area contributed by atoms with Crippen LogP contribution in [0.5, 0.6) is 0 Å². The van der Waals surface area contributed by atoms with Crippen LogP contribution in [0.15, 0.2) is 45.4 Å². The van der Waals surface area contributed by atoms with Crippen LogP contribution >= 0.6 is 11.3 Å². The fourth-order valence-corrected chi connectivity index (χ4v) is 3.96. The van der Waals surface area contributed by atoms with Gasteiger partial charge in [0.05, 0.1) is 23.4 Å². The highest BCUT2D eigenvalue weighted by Crippen LogP contribution is 2.34. The summed E-state index contributed by atoms with van der Waals surface area (Å²) in [6, 6.07) is 7.73. The predicted molar refractivity (Wildman–Crippen MR) is 89.4 cm³/mol. The minimum atomic E-state index is -0.128. The summed E-state index contributed by atoms with van der Waals surface area (Å²) in [4.78, 5) is 16.1. The molecule has 1 fully saturated rings. The van der Waals surface area contributed by atoms with Crippen LogP contribution in [-0.4, -0.2) is 41.2 Å². The fourth-order valence-electron chi connectivity index (χ4n) is 3.24. The molecule has 0 spiro atoms. The number of carbonyl (C=O) groups is 1. The molecule has 2 aromatic heterocycles. The Morgan fingerprint density at radius 2 is 2.17 bits per heavy atom. The standard InChI is InChI=1S/C17H19N3O2S/c21-17(12-19-7-1-2-8-19)20-14(15-5-3-9-22-15)11-13(18-20)16-6-4-10-23-16/h3-6,9-10,14H,1-2,7-8,11-12H2/t14-/m1/s1. The van der Waals surface area contributed by atoms with Crippen molar-refractivity contribution in [1.29, 1.82) is 0 Å². The van der Waals surface area contributed by atoms with E-state index in [0.29, 0.717) is 13.0 Å². The lowest BCUT2D eigenvalue weighted by Gasteiger charge is -2.22. The third-order valence-corrected chi connectivity index (χ3v) is 5.32. The summed E-state index contributed by atoms with van der Waals surface area (Å²) in [5, 5.41) is 8.30. The molecule has 0 unspecified atom stereocenters. The zero-order valence-electron chi connectivity index (χ0n) is 12.9. The van der Waals surface area contributed by atoms with Crippen molar-refractivity contribution in [1.82, 2.24) is 9.91 Å². The first-order valence-corrected chi connectivity index (χ1v) is 8.88. The molecule has 4 rings (SSSR count). The quantitative estimate of drug-likeness (QED) is 0.866. The van der Waals surface area contributed by atoms with Crippen molar-refractivity contribution in [3.05, 3.63) is 46.5 Å². The van der Waals surface area contributed by atoms with E-state index in [0.717, 1.165) is 29.4 Å². The Morgan fingerprint density at radius 1 is 1.30 bits per heavy atom. The number of likely N-dealkylation sites (tertiary alicyclic amines) is 1. The van der Waals surface area contributed by atoms with Gasteiger partial charge in [-0.05, 0) is 49.5 Å². The highest BCUT2D eigenvalue weighted by Gasteiger charge is 2.35. The van der Waals surface area contributed by atoms with Crippen molar-refractivity contribution in [3.63, 3.8) is 0 Å². The van der Waals surface area contributed by atoms with Crippen LogP contribution in [0.4, 0.5) is 0 Å². The molecule has 2 aliphatic rings. The molecule has 5 nitrogen and oxygen atoms in total. The largest absolute Gasteiger partial charge is 0.467 e. The first-order valence-electron chi connectivity index (χ1n) is 8.00. The van der Waals surface area contributed by atoms with Crippen LogP contribution < -0.4 is 0 Å². The van der Waals surface area contributed by atoms with Crippen LogP contribution in [-0.2, 0) is 4.79 Å². The van der Waals surface area contributed by atoms with E-state index in [1.165, 1.54) is 12.8 Å². The Balaban J connectivity index is 1.57. The molecule has 0 saturated carbocycles. The van der Waals surface area contributed by atoms with Crippen LogP contribution in [0.1, 0.15) is 35.9 Å². The highest BCUT2D eigenvalue weighted by atomic mass is 32.1. The van der Waals surface area contributed by atoms with Crippen LogP contribution in [0.2, 0.25) is 0 Å². The van der Waals surface area contributed by atoms with Crippen LogP contribution in [0.25, 0.3) is 0 Å². The summed E-state index contributed by atoms with van der Waals surface area (Å²) in [6.45, 7) is 2.46. The molecule has 1 amide bonds. The molecule has 0 radical (unpaired) electrons. The molecule has 1 saturated heterocycles. The van der Waals surface area contributed by atoms with E-state index < -0.39 is 0 Å². The fraction of sp³-hybridized carbons (Fsp3) is 0.412. The minimum absolute atomic E-state index is 0.0554. The lowest BCUT2D eigenvalue weighted by Crippen LogP contribution is -2.36. The summed E-state index contributed by atoms with van der Waals surface area (Å²) < 4.78 is 5.56. The van der Waals surface area contributed by atoms with E-state index in [2.05, 4.69) is 16.1 Å². The van der Waals surface area contributed by atoms with E-state index >= 15 is 0 Å². The lowest BCUT2D eigenvalue weighted by atomic mass is 10.1. The van der Waals surface area contributed by atoms with E-state index in [1.54, 1.807) is 22.6 Å². The zero-order valence-corrected chi connectivity index (χ0v) is 13.7. The van der Waals surface area contributed by atoms with Gasteiger partial charge in [0.2, 0.25) is 0 Å². The Bertz CT molecular complexity index is 688. The third-order valence-electron chi connectivity index (χ3n) is 4.40. The lowest BCUT2D eigenvalue weighted by molar-refractivity contribution is -0.134. The topological polar surface area (TPSA) is 49.1 Å². The second kappa shape index (κ2) is 6.29. The molecule has 0 N–H and O–H groups in total. The van der Waals surface area contributed by atoms with Gasteiger partial charge in [-0.2, -0.15) is 5.10 Å². The van der Waals surface area contributed by atoms with Gasteiger partial charge in [-0.15, -0.1) is 11.3 Å². The Morgan fingerprint density at radius 3 is 2.87 bits per heavy atom. The Hall–Kier alpha value is -1.92. The van der Waals surface area contributed by atoms with Gasteiger partial charge < -0.3 is 4.42 Å². The van der Waals surface area contributed by atoms with Gasteiger partial charge in [-0.1, -0.05) is 6.07 Å². The number of carbonyl (C=O) groups excluding carboxylic acids is 1. The van der Waals surface area contributed by atoms with Crippen LogP contribution in [0, 0.1) is 0 Å². The summed E-state index contributed by atoms with van der Waals surface area (Å²) in [5.41, 5.74) is 0.969. The first-order chi connectivity index (χ1) is 11.3. The number of hydrogen-bond donors (Lipinski definition) is 0. The second-order valence-electron chi connectivity index (χ2n) is 5.98. The minimum Gasteiger partial charge on any atom is -0.467 e. The summed E-state index contributed by atoms with van der Waals surface area (Å²) >= 11 is 1.66. The van der Waals surface area contributed by atoms with Crippen LogP contribution in [0.3, 0.4) is 0 Å². The number of nitrogens with zero attached hydrogens (tertiary/aromatic N) is 3. The van der Waals surface area contributed by atoms with E-state index in [1.807, 2.05) is 23.6 Å². The Kier molecular flexibility index (Phi) is 4.01. The second-order valence-corrected chi connectivity index (χ2v) is 6.93. The molecule has 0 aliphatic carbocycles. The van der Waals surface area contributed by atoms with Gasteiger partial charge in [0.25, 0.3) is 5.91 Å². The van der Waals surface area contributed by atoms with E-state index in [9.17, 15) is 4.79 Å². The molecular formula is C17H19N3O2S. The normalized spacial score (nSPS) is 21.8. The number of hydrogen-bond acceptors (Lipinski definition) is 5. The smallest absolute Gasteiger partial charge is 0.257 e. The van der Waals surface area contributed by atoms with Gasteiger partial charge in [-0.3, -0.25) is 9.69 Å². The summed E-state index contributed by atoms with van der Waals surface area (Å²) in [7, 11) is 0. The SMILES string of the molecule is O=C(CN1CCCC1)N1N=C(c2cccs2)C[C@@H]1c1ccco1. The Labute approximate surface area is 139 Å². The number of thiophene rings is 1. The van der Waals surface area contributed by atoms with Crippen molar-refractivity contribution in [2.45, 2.75) is 25.3 Å².